The first-order valence-electron chi connectivity index (χ1n) is 6.09. The van der Waals surface area contributed by atoms with Crippen LogP contribution in [0.4, 0.5) is 0 Å². The van der Waals surface area contributed by atoms with Crippen molar-refractivity contribution in [1.29, 1.82) is 0 Å². The van der Waals surface area contributed by atoms with E-state index in [4.69, 9.17) is 23.2 Å². The van der Waals surface area contributed by atoms with Crippen LogP contribution in [0.3, 0.4) is 0 Å². The fourth-order valence-corrected chi connectivity index (χ4v) is 2.54. The molecule has 0 bridgehead atoms. The lowest BCUT2D eigenvalue weighted by atomic mass is 10.1. The molecule has 3 rings (SSSR count). The number of aromatic nitrogens is 3. The molecule has 21 heavy (non-hydrogen) atoms. The Morgan fingerprint density at radius 2 is 1.71 bits per heavy atom. The molecule has 3 aromatic rings. The van der Waals surface area contributed by atoms with Gasteiger partial charge in [0, 0.05) is 34.2 Å². The number of nitrogens with zero attached hydrogens (tertiary/aromatic N) is 3. The summed E-state index contributed by atoms with van der Waals surface area (Å²) >= 11 is 12.0. The van der Waals surface area contributed by atoms with E-state index < -0.39 is 0 Å². The van der Waals surface area contributed by atoms with Gasteiger partial charge in [0.15, 0.2) is 6.29 Å². The van der Waals surface area contributed by atoms with Crippen LogP contribution in [0.5, 0.6) is 0 Å². The molecule has 0 aliphatic carbocycles. The Labute approximate surface area is 131 Å². The number of hydrogen-bond acceptors (Lipinski definition) is 3. The lowest BCUT2D eigenvalue weighted by Crippen LogP contribution is -1.94. The lowest BCUT2D eigenvalue weighted by Gasteiger charge is -2.01. The van der Waals surface area contributed by atoms with E-state index in [1.54, 1.807) is 53.6 Å². The highest BCUT2D eigenvalue weighted by atomic mass is 35.5. The van der Waals surface area contributed by atoms with Crippen molar-refractivity contribution in [2.24, 2.45) is 0 Å². The minimum atomic E-state index is 0.463. The molecule has 0 fully saturated rings. The number of rotatable bonds is 3. The van der Waals surface area contributed by atoms with E-state index in [-0.39, 0.29) is 0 Å². The molecule has 6 heteroatoms. The van der Waals surface area contributed by atoms with Gasteiger partial charge in [-0.3, -0.25) is 9.78 Å². The van der Waals surface area contributed by atoms with Crippen LogP contribution in [0.25, 0.3) is 16.9 Å². The molecule has 1 aromatic carbocycles. The van der Waals surface area contributed by atoms with Gasteiger partial charge in [0.1, 0.15) is 5.69 Å². The standard InChI is InChI=1S/C15H9Cl2N3O/c16-12-5-10(6-13(17)7-12)15-11(9-21)8-20(19-15)14-1-3-18-4-2-14/h1-9H. The highest BCUT2D eigenvalue weighted by Gasteiger charge is 2.13. The number of carbonyl (C=O) groups is 1. The SMILES string of the molecule is O=Cc1cn(-c2ccncc2)nc1-c1cc(Cl)cc(Cl)c1. The van der Waals surface area contributed by atoms with Crippen LogP contribution in [-0.4, -0.2) is 21.1 Å². The zero-order chi connectivity index (χ0) is 14.8. The van der Waals surface area contributed by atoms with Crippen LogP contribution in [0, 0.1) is 0 Å². The topological polar surface area (TPSA) is 47.8 Å². The summed E-state index contributed by atoms with van der Waals surface area (Å²) in [6.45, 7) is 0. The zero-order valence-electron chi connectivity index (χ0n) is 10.7. The Bertz CT molecular complexity index is 780. The molecule has 0 amide bonds. The summed E-state index contributed by atoms with van der Waals surface area (Å²) in [5.41, 5.74) is 2.51. The maximum atomic E-state index is 11.3. The normalized spacial score (nSPS) is 10.6. The van der Waals surface area contributed by atoms with E-state index >= 15 is 0 Å². The van der Waals surface area contributed by atoms with Crippen LogP contribution in [0.2, 0.25) is 10.0 Å². The first-order valence-corrected chi connectivity index (χ1v) is 6.84. The first-order chi connectivity index (χ1) is 10.2. The van der Waals surface area contributed by atoms with Crippen molar-refractivity contribution in [3.05, 3.63) is 64.5 Å². The van der Waals surface area contributed by atoms with Crippen molar-refractivity contribution in [2.75, 3.05) is 0 Å². The summed E-state index contributed by atoms with van der Waals surface area (Å²) in [5.74, 6) is 0. The summed E-state index contributed by atoms with van der Waals surface area (Å²) in [5, 5.41) is 5.43. The zero-order valence-corrected chi connectivity index (χ0v) is 12.2. The number of carbonyl (C=O) groups excluding carboxylic acids is 1. The number of hydrogen-bond donors (Lipinski definition) is 0. The molecule has 0 saturated carbocycles. The number of halogens is 2. The number of benzene rings is 1. The van der Waals surface area contributed by atoms with Crippen molar-refractivity contribution in [1.82, 2.24) is 14.8 Å². The van der Waals surface area contributed by atoms with Gasteiger partial charge in [-0.1, -0.05) is 23.2 Å². The molecule has 4 nitrogen and oxygen atoms in total. The van der Waals surface area contributed by atoms with Gasteiger partial charge in [0.25, 0.3) is 0 Å². The first kappa shape index (κ1) is 13.8. The molecule has 0 aliphatic heterocycles. The molecule has 0 radical (unpaired) electrons. The second-order valence-electron chi connectivity index (χ2n) is 4.36. The second-order valence-corrected chi connectivity index (χ2v) is 5.23. The maximum Gasteiger partial charge on any atom is 0.153 e. The molecule has 0 saturated heterocycles. The van der Waals surface area contributed by atoms with E-state index in [9.17, 15) is 4.79 Å². The van der Waals surface area contributed by atoms with Crippen LogP contribution in [-0.2, 0) is 0 Å². The Morgan fingerprint density at radius 3 is 2.33 bits per heavy atom. The number of pyridine rings is 1. The molecule has 0 atom stereocenters. The van der Waals surface area contributed by atoms with Crippen molar-refractivity contribution >= 4 is 29.5 Å². The van der Waals surface area contributed by atoms with Crippen LogP contribution < -0.4 is 0 Å². The molecule has 2 aromatic heterocycles. The van der Waals surface area contributed by atoms with E-state index in [0.29, 0.717) is 26.9 Å². The summed E-state index contributed by atoms with van der Waals surface area (Å²) in [4.78, 5) is 15.2. The monoisotopic (exact) mass is 317 g/mol. The molecule has 0 unspecified atom stereocenters. The van der Waals surface area contributed by atoms with Gasteiger partial charge in [-0.2, -0.15) is 5.10 Å². The molecule has 0 N–H and O–H groups in total. The molecule has 0 aliphatic rings. The quantitative estimate of drug-likeness (QED) is 0.684. The Kier molecular flexibility index (Phi) is 3.73. The van der Waals surface area contributed by atoms with Crippen molar-refractivity contribution in [3.63, 3.8) is 0 Å². The van der Waals surface area contributed by atoms with E-state index in [2.05, 4.69) is 10.1 Å². The van der Waals surface area contributed by atoms with Crippen LogP contribution in [0.1, 0.15) is 10.4 Å². The van der Waals surface area contributed by atoms with Crippen LogP contribution in [0.15, 0.2) is 48.9 Å². The minimum absolute atomic E-state index is 0.463. The minimum Gasteiger partial charge on any atom is -0.298 e. The van der Waals surface area contributed by atoms with Gasteiger partial charge in [-0.15, -0.1) is 0 Å². The molecular formula is C15H9Cl2N3O. The largest absolute Gasteiger partial charge is 0.298 e. The molecule has 104 valence electrons. The fraction of sp³-hybridized carbons (Fsp3) is 0. The fourth-order valence-electron chi connectivity index (χ4n) is 2.02. The summed E-state index contributed by atoms with van der Waals surface area (Å²) < 4.78 is 1.62. The lowest BCUT2D eigenvalue weighted by molar-refractivity contribution is 0.112. The van der Waals surface area contributed by atoms with E-state index in [0.717, 1.165) is 12.0 Å². The predicted molar refractivity (Wildman–Crippen MR) is 82.2 cm³/mol. The molecular weight excluding hydrogens is 309 g/mol. The van der Waals surface area contributed by atoms with Crippen LogP contribution >= 0.6 is 23.2 Å². The maximum absolute atomic E-state index is 11.3. The van der Waals surface area contributed by atoms with Crippen molar-refractivity contribution in [2.45, 2.75) is 0 Å². The Balaban J connectivity index is 2.14. The van der Waals surface area contributed by atoms with E-state index in [1.165, 1.54) is 0 Å². The summed E-state index contributed by atoms with van der Waals surface area (Å²) in [7, 11) is 0. The van der Waals surface area contributed by atoms with Gasteiger partial charge >= 0.3 is 0 Å². The van der Waals surface area contributed by atoms with Crippen molar-refractivity contribution in [3.8, 4) is 16.9 Å². The molecule has 2 heterocycles. The van der Waals surface area contributed by atoms with Gasteiger partial charge in [-0.05, 0) is 30.3 Å². The highest BCUT2D eigenvalue weighted by molar-refractivity contribution is 6.35. The average molecular weight is 318 g/mol. The second kappa shape index (κ2) is 5.68. The van der Waals surface area contributed by atoms with Gasteiger partial charge in [0.2, 0.25) is 0 Å². The average Bonchev–Trinajstić information content (AvgIpc) is 2.91. The van der Waals surface area contributed by atoms with Gasteiger partial charge in [0.05, 0.1) is 11.3 Å². The third-order valence-electron chi connectivity index (χ3n) is 2.93. The Morgan fingerprint density at radius 1 is 1.05 bits per heavy atom. The van der Waals surface area contributed by atoms with Gasteiger partial charge in [-0.25, -0.2) is 4.68 Å². The predicted octanol–water partition coefficient (Wildman–Crippen LogP) is 4.05. The molecule has 0 spiro atoms. The van der Waals surface area contributed by atoms with Gasteiger partial charge < -0.3 is 0 Å². The number of aldehydes is 1. The Hall–Kier alpha value is -2.17. The summed E-state index contributed by atoms with van der Waals surface area (Å²) in [6.07, 6.45) is 5.74. The highest BCUT2D eigenvalue weighted by Crippen LogP contribution is 2.28. The smallest absolute Gasteiger partial charge is 0.153 e. The third-order valence-corrected chi connectivity index (χ3v) is 3.37. The third kappa shape index (κ3) is 2.82. The van der Waals surface area contributed by atoms with E-state index in [1.807, 2.05) is 0 Å². The summed E-state index contributed by atoms with van der Waals surface area (Å²) in [6, 6.07) is 8.68. The van der Waals surface area contributed by atoms with Crippen molar-refractivity contribution < 1.29 is 4.79 Å².